The molecule has 46 heavy (non-hydrogen) atoms. The van der Waals surface area contributed by atoms with Crippen LogP contribution in [-0.4, -0.2) is 19.3 Å². The van der Waals surface area contributed by atoms with E-state index in [-0.39, 0.29) is 26.9 Å². The second kappa shape index (κ2) is 12.3. The molecule has 1 aliphatic carbocycles. The SMILES string of the molecule is CC1=C(C)[C@H](C)[C@H](C)[C@H](C)C1c1c(C)nn(-c2[c-]c(Oc3[c-]c4c(cc3)c3ccccc3n4-c3cc(F)ccn3)ccc2)c1C.[Pt+2]. The first-order valence-corrected chi connectivity index (χ1v) is 15.7. The fourth-order valence-electron chi connectivity index (χ4n) is 7.40. The van der Waals surface area contributed by atoms with Crippen molar-refractivity contribution in [2.24, 2.45) is 17.8 Å². The molecule has 236 valence electrons. The van der Waals surface area contributed by atoms with E-state index in [1.165, 1.54) is 35.0 Å². The molecule has 3 heterocycles. The predicted molar refractivity (Wildman–Crippen MR) is 178 cm³/mol. The Balaban J connectivity index is 0.00000372. The van der Waals surface area contributed by atoms with Crippen LogP contribution in [0, 0.1) is 49.6 Å². The van der Waals surface area contributed by atoms with E-state index < -0.39 is 0 Å². The summed E-state index contributed by atoms with van der Waals surface area (Å²) in [5.74, 6) is 3.25. The second-order valence-corrected chi connectivity index (χ2v) is 12.6. The number of pyridine rings is 1. The number of para-hydroxylation sites is 1. The summed E-state index contributed by atoms with van der Waals surface area (Å²) in [6, 6.07) is 27.5. The standard InChI is InChI=1S/C39H37FN4O.Pt/c1-22-23(2)25(4)38(26(5)24(22)3)39-27(6)42-44(28(39)7)30-11-10-12-31(20-30)45-32-15-16-34-33-13-8-9-14-35(33)43(36(34)21-32)37-19-29(40)17-18-41-37;/h8-19,22-23,25,38H,1-7H3;/q-2;+2/t22-,23+,25+,38?;/m1./s1. The molecule has 3 aromatic carbocycles. The molecule has 7 rings (SSSR count). The molecule has 0 radical (unpaired) electrons. The van der Waals surface area contributed by atoms with Crippen LogP contribution in [0.25, 0.3) is 33.3 Å². The number of fused-ring (bicyclic) bond motifs is 3. The normalized spacial score (nSPS) is 19.9. The molecule has 0 aliphatic heterocycles. The van der Waals surface area contributed by atoms with E-state index in [1.54, 1.807) is 0 Å². The van der Waals surface area contributed by atoms with Gasteiger partial charge in [-0.1, -0.05) is 55.6 Å². The number of nitrogens with zero attached hydrogens (tertiary/aromatic N) is 4. The Morgan fingerprint density at radius 3 is 2.35 bits per heavy atom. The van der Waals surface area contributed by atoms with Gasteiger partial charge in [-0.3, -0.25) is 4.68 Å². The monoisotopic (exact) mass is 791 g/mol. The van der Waals surface area contributed by atoms with Gasteiger partial charge in [-0.15, -0.1) is 35.7 Å². The minimum absolute atomic E-state index is 0. The first kappa shape index (κ1) is 31.9. The molecule has 6 aromatic rings. The van der Waals surface area contributed by atoms with Crippen molar-refractivity contribution in [1.82, 2.24) is 19.3 Å². The van der Waals surface area contributed by atoms with Gasteiger partial charge >= 0.3 is 21.1 Å². The number of aryl methyl sites for hydroxylation is 1. The van der Waals surface area contributed by atoms with Crippen LogP contribution in [0.4, 0.5) is 4.39 Å². The molecule has 0 N–H and O–H groups in total. The molecule has 7 heteroatoms. The smallest absolute Gasteiger partial charge is 0.509 e. The molecule has 1 aliphatic rings. The Morgan fingerprint density at radius 1 is 0.804 bits per heavy atom. The number of halogens is 1. The first-order chi connectivity index (χ1) is 21.6. The molecule has 0 amide bonds. The summed E-state index contributed by atoms with van der Waals surface area (Å²) in [6.45, 7) is 16.0. The van der Waals surface area contributed by atoms with E-state index in [4.69, 9.17) is 9.84 Å². The first-order valence-electron chi connectivity index (χ1n) is 15.7. The molecule has 0 bridgehead atoms. The van der Waals surface area contributed by atoms with E-state index >= 15 is 0 Å². The summed E-state index contributed by atoms with van der Waals surface area (Å²) in [7, 11) is 0. The third kappa shape index (κ3) is 5.21. The van der Waals surface area contributed by atoms with E-state index in [0.29, 0.717) is 41.0 Å². The maximum atomic E-state index is 14.3. The van der Waals surface area contributed by atoms with Gasteiger partial charge in [-0.05, 0) is 68.7 Å². The van der Waals surface area contributed by atoms with E-state index in [0.717, 1.165) is 38.9 Å². The van der Waals surface area contributed by atoms with Crippen molar-refractivity contribution < 1.29 is 30.2 Å². The van der Waals surface area contributed by atoms with Gasteiger partial charge in [0.25, 0.3) is 0 Å². The summed E-state index contributed by atoms with van der Waals surface area (Å²) in [6.07, 6.45) is 1.48. The fraction of sp³-hybridized carbons (Fsp3) is 0.282. The molecule has 5 nitrogen and oxygen atoms in total. The molecule has 4 atom stereocenters. The summed E-state index contributed by atoms with van der Waals surface area (Å²) >= 11 is 0. The molecule has 0 spiro atoms. The van der Waals surface area contributed by atoms with Crippen LogP contribution in [0.2, 0.25) is 0 Å². The average molecular weight is 792 g/mol. The summed E-state index contributed by atoms with van der Waals surface area (Å²) in [5.41, 5.74) is 8.97. The minimum Gasteiger partial charge on any atom is -0.509 e. The van der Waals surface area contributed by atoms with E-state index in [9.17, 15) is 4.39 Å². The van der Waals surface area contributed by atoms with Crippen LogP contribution in [0.5, 0.6) is 11.5 Å². The van der Waals surface area contributed by atoms with Gasteiger partial charge in [-0.25, -0.2) is 9.37 Å². The number of allylic oxidation sites excluding steroid dienone is 2. The molecular weight excluding hydrogens is 755 g/mol. The van der Waals surface area contributed by atoms with E-state index in [1.807, 2.05) is 57.8 Å². The second-order valence-electron chi connectivity index (χ2n) is 12.6. The largest absolute Gasteiger partial charge is 2.00 e. The van der Waals surface area contributed by atoms with Crippen molar-refractivity contribution in [2.75, 3.05) is 0 Å². The van der Waals surface area contributed by atoms with Crippen LogP contribution in [0.1, 0.15) is 57.5 Å². The summed E-state index contributed by atoms with van der Waals surface area (Å²) in [4.78, 5) is 4.46. The molecule has 0 fully saturated rings. The molecule has 0 saturated heterocycles. The zero-order chi connectivity index (χ0) is 31.6. The van der Waals surface area contributed by atoms with Crippen molar-refractivity contribution in [3.05, 3.63) is 119 Å². The Bertz CT molecular complexity index is 2130. The van der Waals surface area contributed by atoms with Crippen molar-refractivity contribution in [1.29, 1.82) is 0 Å². The zero-order valence-corrected chi connectivity index (χ0v) is 29.4. The quantitative estimate of drug-likeness (QED) is 0.129. The summed E-state index contributed by atoms with van der Waals surface area (Å²) in [5, 5.41) is 7.04. The predicted octanol–water partition coefficient (Wildman–Crippen LogP) is 9.85. The fourth-order valence-corrected chi connectivity index (χ4v) is 7.40. The number of hydrogen-bond acceptors (Lipinski definition) is 3. The van der Waals surface area contributed by atoms with Gasteiger partial charge in [0.15, 0.2) is 0 Å². The van der Waals surface area contributed by atoms with Crippen molar-refractivity contribution in [3.8, 4) is 23.0 Å². The van der Waals surface area contributed by atoms with Crippen molar-refractivity contribution in [3.63, 3.8) is 0 Å². The van der Waals surface area contributed by atoms with Gasteiger partial charge in [0.2, 0.25) is 0 Å². The van der Waals surface area contributed by atoms with Gasteiger partial charge < -0.3 is 9.30 Å². The third-order valence-corrected chi connectivity index (χ3v) is 10.3. The zero-order valence-electron chi connectivity index (χ0n) is 27.1. The molecule has 3 aromatic heterocycles. The van der Waals surface area contributed by atoms with Gasteiger partial charge in [0.1, 0.15) is 11.6 Å². The van der Waals surface area contributed by atoms with Crippen LogP contribution in [-0.2, 0) is 21.1 Å². The van der Waals surface area contributed by atoms with Gasteiger partial charge in [-0.2, -0.15) is 17.2 Å². The Morgan fingerprint density at radius 2 is 1.57 bits per heavy atom. The molecular formula is C39H37FN4OPt. The number of rotatable bonds is 5. The molecule has 1 unspecified atom stereocenters. The Kier molecular flexibility index (Phi) is 8.54. The number of ether oxygens (including phenoxy) is 1. The van der Waals surface area contributed by atoms with Crippen LogP contribution >= 0.6 is 0 Å². The number of benzene rings is 3. The average Bonchev–Trinajstić information content (AvgIpc) is 3.52. The maximum Gasteiger partial charge on any atom is 2.00 e. The molecule has 0 saturated carbocycles. The maximum absolute atomic E-state index is 14.3. The van der Waals surface area contributed by atoms with Crippen LogP contribution in [0.15, 0.2) is 84.1 Å². The number of aromatic nitrogens is 4. The van der Waals surface area contributed by atoms with E-state index in [2.05, 4.69) is 71.6 Å². The Hall–Kier alpha value is -4.02. The van der Waals surface area contributed by atoms with Crippen molar-refractivity contribution in [2.45, 2.75) is 54.4 Å². The van der Waals surface area contributed by atoms with Gasteiger partial charge in [0.05, 0.1) is 5.69 Å². The van der Waals surface area contributed by atoms with Crippen molar-refractivity contribution >= 4 is 21.8 Å². The van der Waals surface area contributed by atoms with Gasteiger partial charge in [0, 0.05) is 46.5 Å². The van der Waals surface area contributed by atoms with Crippen LogP contribution in [0.3, 0.4) is 0 Å². The Labute approximate surface area is 284 Å². The third-order valence-electron chi connectivity index (χ3n) is 10.3. The number of hydrogen-bond donors (Lipinski definition) is 0. The topological polar surface area (TPSA) is 44.9 Å². The summed E-state index contributed by atoms with van der Waals surface area (Å²) < 4.78 is 24.5. The minimum atomic E-state index is -0.347. The van der Waals surface area contributed by atoms with Crippen LogP contribution < -0.4 is 4.74 Å².